The Kier molecular flexibility index (Phi) is 2.69. The molecule has 0 atom stereocenters. The van der Waals surface area contributed by atoms with E-state index in [0.29, 0.717) is 11.3 Å². The van der Waals surface area contributed by atoms with Crippen molar-refractivity contribution >= 4 is 5.97 Å². The van der Waals surface area contributed by atoms with Gasteiger partial charge in [-0.3, -0.25) is 10.2 Å². The molecule has 0 fully saturated rings. The van der Waals surface area contributed by atoms with Gasteiger partial charge in [0.2, 0.25) is 0 Å². The van der Waals surface area contributed by atoms with Gasteiger partial charge >= 0.3 is 5.97 Å². The van der Waals surface area contributed by atoms with Crippen LogP contribution in [0.3, 0.4) is 0 Å². The molecule has 1 aromatic heterocycles. The highest BCUT2D eigenvalue weighted by Gasteiger charge is 2.08. The summed E-state index contributed by atoms with van der Waals surface area (Å²) in [6, 6.07) is 1.59. The van der Waals surface area contributed by atoms with Gasteiger partial charge in [0, 0.05) is 11.8 Å². The van der Waals surface area contributed by atoms with Gasteiger partial charge in [-0.2, -0.15) is 0 Å². The number of aromatic amines is 1. The van der Waals surface area contributed by atoms with E-state index in [1.807, 2.05) is 0 Å². The normalized spacial score (nSPS) is 9.62. The number of methoxy groups -OCH3 is 1. The Morgan fingerprint density at radius 3 is 3.00 bits per heavy atom. The maximum Gasteiger partial charge on any atom is 0.308 e. The fraction of sp³-hybridized carbons (Fsp3) is 0.250. The topological polar surface area (TPSA) is 86.2 Å². The van der Waals surface area contributed by atoms with Crippen molar-refractivity contribution in [3.05, 3.63) is 23.3 Å². The zero-order valence-electron chi connectivity index (χ0n) is 7.13. The number of ether oxygens (including phenoxy) is 1. The van der Waals surface area contributed by atoms with Crippen LogP contribution in [0.25, 0.3) is 0 Å². The minimum atomic E-state index is -0.980. The van der Waals surface area contributed by atoms with E-state index in [1.54, 1.807) is 6.07 Å². The molecular weight excluding hydrogens is 172 g/mol. The second-order valence-electron chi connectivity index (χ2n) is 2.47. The summed E-state index contributed by atoms with van der Waals surface area (Å²) in [6.07, 6.45) is 1.33. The van der Waals surface area contributed by atoms with E-state index in [1.165, 1.54) is 13.3 Å². The lowest BCUT2D eigenvalue weighted by molar-refractivity contribution is -0.136. The van der Waals surface area contributed by atoms with Crippen molar-refractivity contribution in [2.45, 2.75) is 6.42 Å². The van der Waals surface area contributed by atoms with Crippen LogP contribution in [0.4, 0.5) is 0 Å². The zero-order valence-corrected chi connectivity index (χ0v) is 7.13. The lowest BCUT2D eigenvalue weighted by atomic mass is 10.2. The number of H-pyrrole nitrogens is 1. The lowest BCUT2D eigenvalue weighted by Gasteiger charge is -2.05. The summed E-state index contributed by atoms with van der Waals surface area (Å²) in [6.45, 7) is 0. The van der Waals surface area contributed by atoms with Gasteiger partial charge in [0.15, 0.2) is 0 Å². The Hall–Kier alpha value is -1.78. The highest BCUT2D eigenvalue weighted by Crippen LogP contribution is 2.12. The van der Waals surface area contributed by atoms with Crippen molar-refractivity contribution in [2.75, 3.05) is 7.11 Å². The van der Waals surface area contributed by atoms with Gasteiger partial charge in [0.05, 0.1) is 13.5 Å². The first-order valence-electron chi connectivity index (χ1n) is 3.66. The molecule has 0 saturated carbocycles. The maximum absolute atomic E-state index is 10.4. The van der Waals surface area contributed by atoms with Gasteiger partial charge < -0.3 is 14.8 Å². The number of pyridine rings is 1. The van der Waals surface area contributed by atoms with Crippen LogP contribution in [0.2, 0.25) is 0 Å². The standard InChI is InChI=1S/C8H10N2O3/c1-13-6-2-3-10-8(9)5(6)4-7(11)12/h2-3H,4H2,1H3,(H2,9,10)(H,11,12). The second-order valence-corrected chi connectivity index (χ2v) is 2.47. The van der Waals surface area contributed by atoms with Crippen LogP contribution < -0.4 is 10.2 Å². The minimum Gasteiger partial charge on any atom is -0.496 e. The van der Waals surface area contributed by atoms with E-state index >= 15 is 0 Å². The summed E-state index contributed by atoms with van der Waals surface area (Å²) in [5, 5.41) is 16.0. The predicted molar refractivity (Wildman–Crippen MR) is 44.5 cm³/mol. The molecule has 3 N–H and O–H groups in total. The first-order chi connectivity index (χ1) is 6.15. The molecule has 70 valence electrons. The average molecular weight is 182 g/mol. The van der Waals surface area contributed by atoms with Crippen LogP contribution in [0, 0.1) is 5.41 Å². The second kappa shape index (κ2) is 3.75. The lowest BCUT2D eigenvalue weighted by Crippen LogP contribution is -2.17. The number of hydrogen-bond acceptors (Lipinski definition) is 3. The molecule has 0 spiro atoms. The fourth-order valence-corrected chi connectivity index (χ4v) is 1.03. The first kappa shape index (κ1) is 9.31. The van der Waals surface area contributed by atoms with Gasteiger partial charge in [0.25, 0.3) is 0 Å². The summed E-state index contributed by atoms with van der Waals surface area (Å²) in [4.78, 5) is 13.0. The van der Waals surface area contributed by atoms with E-state index in [4.69, 9.17) is 15.3 Å². The number of carboxylic acids is 1. The molecular formula is C8H10N2O3. The molecule has 0 aliphatic heterocycles. The van der Waals surface area contributed by atoms with Crippen molar-refractivity contribution in [1.29, 1.82) is 5.41 Å². The van der Waals surface area contributed by atoms with Gasteiger partial charge in [-0.25, -0.2) is 0 Å². The third kappa shape index (κ3) is 2.08. The van der Waals surface area contributed by atoms with Gasteiger partial charge in [-0.15, -0.1) is 0 Å². The van der Waals surface area contributed by atoms with E-state index in [9.17, 15) is 4.79 Å². The summed E-state index contributed by atoms with van der Waals surface area (Å²) >= 11 is 0. The molecule has 0 unspecified atom stereocenters. The number of hydrogen-bond donors (Lipinski definition) is 3. The Morgan fingerprint density at radius 1 is 1.77 bits per heavy atom. The average Bonchev–Trinajstić information content (AvgIpc) is 2.08. The van der Waals surface area contributed by atoms with Crippen LogP contribution in [0.5, 0.6) is 5.75 Å². The molecule has 5 nitrogen and oxygen atoms in total. The van der Waals surface area contributed by atoms with Crippen molar-refractivity contribution in [3.8, 4) is 5.75 Å². The van der Waals surface area contributed by atoms with E-state index in [2.05, 4.69) is 4.98 Å². The Labute approximate surface area is 74.5 Å². The number of aromatic nitrogens is 1. The highest BCUT2D eigenvalue weighted by molar-refractivity contribution is 5.71. The Bertz CT molecular complexity index is 370. The van der Waals surface area contributed by atoms with E-state index in [0.717, 1.165) is 0 Å². The highest BCUT2D eigenvalue weighted by atomic mass is 16.5. The monoisotopic (exact) mass is 182 g/mol. The summed E-state index contributed by atoms with van der Waals surface area (Å²) in [7, 11) is 1.44. The number of aliphatic carboxylic acids is 1. The SMILES string of the molecule is COc1cc[nH]c(=N)c1CC(=O)O. The van der Waals surface area contributed by atoms with Crippen LogP contribution >= 0.6 is 0 Å². The van der Waals surface area contributed by atoms with Gasteiger partial charge in [-0.1, -0.05) is 0 Å². The minimum absolute atomic E-state index is 0.0711. The molecule has 1 aromatic rings. The Balaban J connectivity index is 3.15. The summed E-state index contributed by atoms with van der Waals surface area (Å²) in [5.41, 5.74) is 0.430. The van der Waals surface area contributed by atoms with E-state index in [-0.39, 0.29) is 11.9 Å². The first-order valence-corrected chi connectivity index (χ1v) is 3.66. The molecule has 0 saturated heterocycles. The molecule has 0 radical (unpaired) electrons. The number of nitrogens with one attached hydrogen (secondary N) is 2. The van der Waals surface area contributed by atoms with Crippen LogP contribution in [-0.2, 0) is 11.2 Å². The molecule has 0 bridgehead atoms. The third-order valence-electron chi connectivity index (χ3n) is 1.61. The predicted octanol–water partition coefficient (Wildman–Crippen LogP) is 0.130. The molecule has 1 heterocycles. The number of carbonyl (C=O) groups is 1. The fourth-order valence-electron chi connectivity index (χ4n) is 1.03. The van der Waals surface area contributed by atoms with Gasteiger partial charge in [-0.05, 0) is 6.07 Å². The molecule has 5 heteroatoms. The molecule has 1 rings (SSSR count). The van der Waals surface area contributed by atoms with Crippen molar-refractivity contribution in [1.82, 2.24) is 4.98 Å². The largest absolute Gasteiger partial charge is 0.496 e. The maximum atomic E-state index is 10.4. The molecule has 0 amide bonds. The molecule has 0 aliphatic rings. The smallest absolute Gasteiger partial charge is 0.308 e. The van der Waals surface area contributed by atoms with Crippen molar-refractivity contribution < 1.29 is 14.6 Å². The quantitative estimate of drug-likeness (QED) is 0.621. The van der Waals surface area contributed by atoms with Crippen molar-refractivity contribution in [3.63, 3.8) is 0 Å². The molecule has 0 aliphatic carbocycles. The Morgan fingerprint density at radius 2 is 2.46 bits per heavy atom. The van der Waals surface area contributed by atoms with Crippen LogP contribution in [0.1, 0.15) is 5.56 Å². The van der Waals surface area contributed by atoms with Crippen LogP contribution in [0.15, 0.2) is 12.3 Å². The number of carboxylic acid groups (broad SMARTS) is 1. The third-order valence-corrected chi connectivity index (χ3v) is 1.61. The summed E-state index contributed by atoms with van der Waals surface area (Å²) in [5.74, 6) is -0.558. The van der Waals surface area contributed by atoms with E-state index < -0.39 is 5.97 Å². The zero-order chi connectivity index (χ0) is 9.84. The number of rotatable bonds is 3. The van der Waals surface area contributed by atoms with Gasteiger partial charge in [0.1, 0.15) is 11.2 Å². The van der Waals surface area contributed by atoms with Crippen LogP contribution in [-0.4, -0.2) is 23.2 Å². The molecule has 13 heavy (non-hydrogen) atoms. The summed E-state index contributed by atoms with van der Waals surface area (Å²) < 4.78 is 4.92. The van der Waals surface area contributed by atoms with Crippen molar-refractivity contribution in [2.24, 2.45) is 0 Å². The molecule has 0 aromatic carbocycles.